The minimum absolute atomic E-state index is 0.132. The zero-order valence-electron chi connectivity index (χ0n) is 19.3. The van der Waals surface area contributed by atoms with Crippen LogP contribution in [0, 0.1) is 23.2 Å². The zero-order valence-corrected chi connectivity index (χ0v) is 19.3. The van der Waals surface area contributed by atoms with Crippen molar-refractivity contribution in [2.75, 3.05) is 17.2 Å². The molecule has 2 amide bonds. The van der Waals surface area contributed by atoms with Crippen molar-refractivity contribution in [3.8, 4) is 5.75 Å². The molecule has 4 aliphatic carbocycles. The molecule has 2 aromatic rings. The highest BCUT2D eigenvalue weighted by Crippen LogP contribution is 2.60. The van der Waals surface area contributed by atoms with E-state index in [0.717, 1.165) is 19.3 Å². The number of rotatable bonds is 6. The normalized spacial score (nSPS) is 26.6. The molecule has 4 saturated carbocycles. The van der Waals surface area contributed by atoms with Crippen LogP contribution in [0.4, 0.5) is 16.2 Å². The van der Waals surface area contributed by atoms with Crippen molar-refractivity contribution in [3.63, 3.8) is 0 Å². The lowest BCUT2D eigenvalue weighted by Crippen LogP contribution is -2.51. The number of nitrogens with one attached hydrogen (secondary N) is 2. The molecule has 2 N–H and O–H groups in total. The predicted molar refractivity (Wildman–Crippen MR) is 128 cm³/mol. The molecule has 4 bridgehead atoms. The molecule has 0 radical (unpaired) electrons. The number of amides is 2. The summed E-state index contributed by atoms with van der Waals surface area (Å²) in [5.41, 5.74) is 1.48. The van der Waals surface area contributed by atoms with Crippen molar-refractivity contribution in [2.24, 2.45) is 23.2 Å². The van der Waals surface area contributed by atoms with Gasteiger partial charge >= 0.3 is 6.16 Å². The lowest BCUT2D eigenvalue weighted by Gasteiger charge is -2.55. The molecule has 0 unspecified atom stereocenters. The third-order valence-electron chi connectivity index (χ3n) is 7.48. The minimum Gasteiger partial charge on any atom is -0.434 e. The van der Waals surface area contributed by atoms with Crippen molar-refractivity contribution < 1.29 is 23.9 Å². The summed E-state index contributed by atoms with van der Waals surface area (Å²) in [5.74, 6) is 2.24. The van der Waals surface area contributed by atoms with Gasteiger partial charge in [-0.25, -0.2) is 4.79 Å². The lowest BCUT2D eigenvalue weighted by molar-refractivity contribution is -0.140. The highest BCUT2D eigenvalue weighted by atomic mass is 16.7. The average molecular weight is 463 g/mol. The van der Waals surface area contributed by atoms with E-state index in [4.69, 9.17) is 9.47 Å². The van der Waals surface area contributed by atoms with E-state index in [9.17, 15) is 14.4 Å². The van der Waals surface area contributed by atoms with E-state index in [1.165, 1.54) is 31.4 Å². The molecule has 7 heteroatoms. The molecule has 0 saturated heterocycles. The molecular weight excluding hydrogens is 432 g/mol. The van der Waals surface area contributed by atoms with Gasteiger partial charge in [-0.05, 0) is 106 Å². The summed E-state index contributed by atoms with van der Waals surface area (Å²) >= 11 is 0. The first kappa shape index (κ1) is 22.4. The molecule has 0 aromatic heterocycles. The van der Waals surface area contributed by atoms with Gasteiger partial charge in [-0.3, -0.25) is 9.59 Å². The van der Waals surface area contributed by atoms with E-state index in [1.54, 1.807) is 31.2 Å². The Morgan fingerprint density at radius 3 is 2.06 bits per heavy atom. The monoisotopic (exact) mass is 462 g/mol. The first-order valence-corrected chi connectivity index (χ1v) is 12.1. The van der Waals surface area contributed by atoms with Crippen LogP contribution in [0.1, 0.15) is 55.8 Å². The van der Waals surface area contributed by atoms with Gasteiger partial charge in [0.2, 0.25) is 5.91 Å². The molecule has 0 spiro atoms. The standard InChI is InChI=1S/C27H30N2O5/c1-2-33-26(32)34-23-8-6-20(7-9-23)24(30)28-21-4-3-5-22(13-21)29-25(31)27-14-17-10-18(15-27)12-19(11-17)16-27/h3-9,13,17-19H,2,10-12,14-16H2,1H3,(H,28,30)(H,29,31). The summed E-state index contributed by atoms with van der Waals surface area (Å²) in [6, 6.07) is 13.5. The Hall–Kier alpha value is -3.35. The Labute approximate surface area is 199 Å². The van der Waals surface area contributed by atoms with Crippen LogP contribution in [0.2, 0.25) is 0 Å². The second-order valence-corrected chi connectivity index (χ2v) is 10.00. The van der Waals surface area contributed by atoms with Crippen molar-refractivity contribution >= 4 is 29.3 Å². The van der Waals surface area contributed by atoms with Gasteiger partial charge in [0, 0.05) is 16.9 Å². The van der Waals surface area contributed by atoms with Crippen molar-refractivity contribution in [1.82, 2.24) is 0 Å². The summed E-state index contributed by atoms with van der Waals surface area (Å²) in [6.45, 7) is 1.92. The summed E-state index contributed by atoms with van der Waals surface area (Å²) in [4.78, 5) is 37.4. The maximum Gasteiger partial charge on any atom is 0.513 e. The first-order chi connectivity index (χ1) is 16.4. The maximum atomic E-state index is 13.3. The number of hydrogen-bond donors (Lipinski definition) is 2. The quantitative estimate of drug-likeness (QED) is 0.429. The number of benzene rings is 2. The molecule has 0 atom stereocenters. The fourth-order valence-electron chi connectivity index (χ4n) is 6.45. The van der Waals surface area contributed by atoms with Crippen LogP contribution >= 0.6 is 0 Å². The maximum absolute atomic E-state index is 13.3. The van der Waals surface area contributed by atoms with Crippen LogP contribution in [0.15, 0.2) is 48.5 Å². The van der Waals surface area contributed by atoms with Gasteiger partial charge in [0.15, 0.2) is 0 Å². The Kier molecular flexibility index (Phi) is 6.02. The third-order valence-corrected chi connectivity index (χ3v) is 7.48. The predicted octanol–water partition coefficient (Wildman–Crippen LogP) is 5.63. The number of carbonyl (C=O) groups is 3. The van der Waals surface area contributed by atoms with Gasteiger partial charge in [-0.1, -0.05) is 6.07 Å². The SMILES string of the molecule is CCOC(=O)Oc1ccc(C(=O)Nc2cccc(NC(=O)C34CC5CC(CC(C5)C3)C4)c2)cc1. The summed E-state index contributed by atoms with van der Waals surface area (Å²) in [7, 11) is 0. The number of hydrogen-bond acceptors (Lipinski definition) is 5. The van der Waals surface area contributed by atoms with Crippen molar-refractivity contribution in [2.45, 2.75) is 45.4 Å². The molecular formula is C27H30N2O5. The first-order valence-electron chi connectivity index (χ1n) is 12.1. The highest BCUT2D eigenvalue weighted by Gasteiger charge is 2.54. The molecule has 0 aliphatic heterocycles. The topological polar surface area (TPSA) is 93.7 Å². The molecule has 34 heavy (non-hydrogen) atoms. The molecule has 7 nitrogen and oxygen atoms in total. The van der Waals surface area contributed by atoms with Crippen molar-refractivity contribution in [3.05, 3.63) is 54.1 Å². The molecule has 178 valence electrons. The number of ether oxygens (including phenoxy) is 2. The van der Waals surface area contributed by atoms with E-state index in [2.05, 4.69) is 10.6 Å². The largest absolute Gasteiger partial charge is 0.513 e. The summed E-state index contributed by atoms with van der Waals surface area (Å²) < 4.78 is 9.75. The fourth-order valence-corrected chi connectivity index (χ4v) is 6.45. The Bertz CT molecular complexity index is 1060. The summed E-state index contributed by atoms with van der Waals surface area (Å²) in [6.07, 6.45) is 6.13. The van der Waals surface area contributed by atoms with E-state index in [1.807, 2.05) is 12.1 Å². The minimum atomic E-state index is -0.785. The van der Waals surface area contributed by atoms with Gasteiger partial charge in [-0.15, -0.1) is 0 Å². The van der Waals surface area contributed by atoms with Crippen LogP contribution < -0.4 is 15.4 Å². The second kappa shape index (κ2) is 9.12. The Morgan fingerprint density at radius 1 is 0.882 bits per heavy atom. The molecule has 2 aromatic carbocycles. The Morgan fingerprint density at radius 2 is 1.47 bits per heavy atom. The van der Waals surface area contributed by atoms with Crippen LogP contribution in [0.5, 0.6) is 5.75 Å². The van der Waals surface area contributed by atoms with Gasteiger partial charge in [0.25, 0.3) is 5.91 Å². The van der Waals surface area contributed by atoms with Crippen LogP contribution in [0.3, 0.4) is 0 Å². The van der Waals surface area contributed by atoms with Gasteiger partial charge < -0.3 is 20.1 Å². The fraction of sp³-hybridized carbons (Fsp3) is 0.444. The van der Waals surface area contributed by atoms with Gasteiger partial charge in [0.1, 0.15) is 5.75 Å². The second-order valence-electron chi connectivity index (χ2n) is 10.00. The van der Waals surface area contributed by atoms with E-state index >= 15 is 0 Å². The molecule has 4 fully saturated rings. The van der Waals surface area contributed by atoms with Crippen molar-refractivity contribution in [1.29, 1.82) is 0 Å². The average Bonchev–Trinajstić information content (AvgIpc) is 2.79. The zero-order chi connectivity index (χ0) is 23.7. The highest BCUT2D eigenvalue weighted by molar-refractivity contribution is 6.05. The summed E-state index contributed by atoms with van der Waals surface area (Å²) in [5, 5.41) is 6.00. The molecule has 6 rings (SSSR count). The smallest absolute Gasteiger partial charge is 0.434 e. The molecule has 0 heterocycles. The van der Waals surface area contributed by atoms with Crippen LogP contribution in [-0.2, 0) is 9.53 Å². The molecule has 4 aliphatic rings. The number of carbonyl (C=O) groups excluding carboxylic acids is 3. The van der Waals surface area contributed by atoms with Crippen LogP contribution in [0.25, 0.3) is 0 Å². The van der Waals surface area contributed by atoms with Gasteiger partial charge in [-0.2, -0.15) is 0 Å². The number of anilines is 2. The lowest BCUT2D eigenvalue weighted by atomic mass is 9.49. The van der Waals surface area contributed by atoms with E-state index in [0.29, 0.717) is 40.4 Å². The van der Waals surface area contributed by atoms with Crippen LogP contribution in [-0.4, -0.2) is 24.6 Å². The third kappa shape index (κ3) is 4.65. The van der Waals surface area contributed by atoms with E-state index in [-0.39, 0.29) is 23.8 Å². The Balaban J connectivity index is 1.21. The van der Waals surface area contributed by atoms with Gasteiger partial charge in [0.05, 0.1) is 12.0 Å². The van der Waals surface area contributed by atoms with E-state index < -0.39 is 6.16 Å².